The highest BCUT2D eigenvalue weighted by Crippen LogP contribution is 2.17. The molecule has 1 saturated heterocycles. The molecule has 0 saturated carbocycles. The fraction of sp³-hybridized carbons (Fsp3) is 0.278. The number of hydrogen-bond acceptors (Lipinski definition) is 3. The van der Waals surface area contributed by atoms with Crippen LogP contribution in [0, 0.1) is 10.1 Å². The number of amides is 1. The van der Waals surface area contributed by atoms with Gasteiger partial charge in [0.2, 0.25) is 0 Å². The number of nitro groups is 1. The third-order valence-electron chi connectivity index (χ3n) is 4.36. The first-order valence-electron chi connectivity index (χ1n) is 8.05. The molecule has 1 aliphatic rings. The molecule has 2 aromatic carbocycles. The van der Waals surface area contributed by atoms with Gasteiger partial charge >= 0.3 is 0 Å². The molecule has 1 unspecified atom stereocenters. The minimum absolute atomic E-state index is 0.0519. The Morgan fingerprint density at radius 2 is 1.88 bits per heavy atom. The maximum Gasteiger partial charge on any atom is 0.282 e. The minimum atomic E-state index is -0.517. The van der Waals surface area contributed by atoms with Crippen molar-refractivity contribution in [1.29, 1.82) is 0 Å². The van der Waals surface area contributed by atoms with Crippen LogP contribution in [0.5, 0.6) is 0 Å². The summed E-state index contributed by atoms with van der Waals surface area (Å²) in [7, 11) is 0. The average Bonchev–Trinajstić information content (AvgIpc) is 3.02. The number of nitrogens with one attached hydrogen (secondary N) is 2. The van der Waals surface area contributed by atoms with E-state index in [2.05, 4.69) is 17.4 Å². The van der Waals surface area contributed by atoms with Gasteiger partial charge in [-0.15, -0.1) is 0 Å². The first-order chi connectivity index (χ1) is 11.6. The van der Waals surface area contributed by atoms with Crippen LogP contribution in [0.25, 0.3) is 0 Å². The maximum atomic E-state index is 12.4. The quantitative estimate of drug-likeness (QED) is 0.640. The van der Waals surface area contributed by atoms with Crippen molar-refractivity contribution in [2.24, 2.45) is 0 Å². The molecular weight excluding hydrogens is 306 g/mol. The van der Waals surface area contributed by atoms with E-state index >= 15 is 0 Å². The highest BCUT2D eigenvalue weighted by Gasteiger charge is 2.29. The fourth-order valence-corrected chi connectivity index (χ4v) is 3.19. The molecule has 6 nitrogen and oxygen atoms in total. The number of rotatable bonds is 5. The van der Waals surface area contributed by atoms with Crippen molar-refractivity contribution >= 4 is 11.6 Å². The van der Waals surface area contributed by atoms with E-state index in [1.807, 2.05) is 18.2 Å². The Morgan fingerprint density at radius 1 is 1.17 bits per heavy atom. The Hall–Kier alpha value is -2.73. The highest BCUT2D eigenvalue weighted by molar-refractivity contribution is 5.98. The summed E-state index contributed by atoms with van der Waals surface area (Å²) in [6, 6.07) is 16.4. The predicted molar refractivity (Wildman–Crippen MR) is 89.8 cm³/mol. The van der Waals surface area contributed by atoms with Gasteiger partial charge in [-0.1, -0.05) is 42.5 Å². The van der Waals surface area contributed by atoms with Gasteiger partial charge in [0, 0.05) is 18.1 Å². The summed E-state index contributed by atoms with van der Waals surface area (Å²) in [6.07, 6.45) is 0.883. The van der Waals surface area contributed by atoms with E-state index in [9.17, 15) is 14.9 Å². The molecule has 6 heteroatoms. The van der Waals surface area contributed by atoms with Gasteiger partial charge in [0.05, 0.1) is 24.1 Å². The molecule has 24 heavy (non-hydrogen) atoms. The Balaban J connectivity index is 1.59. The van der Waals surface area contributed by atoms with Crippen LogP contribution in [0.15, 0.2) is 54.6 Å². The maximum absolute atomic E-state index is 12.4. The molecule has 0 spiro atoms. The van der Waals surface area contributed by atoms with Crippen LogP contribution in [-0.2, 0) is 6.54 Å². The van der Waals surface area contributed by atoms with E-state index < -0.39 is 4.92 Å². The van der Waals surface area contributed by atoms with Crippen molar-refractivity contribution in [3.8, 4) is 0 Å². The summed E-state index contributed by atoms with van der Waals surface area (Å²) < 4.78 is 0. The Labute approximate surface area is 140 Å². The minimum Gasteiger partial charge on any atom is -0.343 e. The molecule has 1 fully saturated rings. The van der Waals surface area contributed by atoms with E-state index in [1.54, 1.807) is 12.1 Å². The monoisotopic (exact) mass is 326 g/mol. The van der Waals surface area contributed by atoms with Crippen molar-refractivity contribution in [3.63, 3.8) is 0 Å². The lowest BCUT2D eigenvalue weighted by Gasteiger charge is -2.14. The van der Waals surface area contributed by atoms with E-state index in [0.717, 1.165) is 26.1 Å². The Kier molecular flexibility index (Phi) is 4.86. The predicted octanol–water partition coefficient (Wildman–Crippen LogP) is 1.18. The van der Waals surface area contributed by atoms with Gasteiger partial charge in [-0.25, -0.2) is 0 Å². The number of hydrogen-bond donors (Lipinski definition) is 2. The van der Waals surface area contributed by atoms with Crippen molar-refractivity contribution in [1.82, 2.24) is 5.32 Å². The molecule has 2 N–H and O–H groups in total. The zero-order chi connectivity index (χ0) is 16.9. The molecule has 0 aliphatic carbocycles. The Bertz CT molecular complexity index is 733. The Morgan fingerprint density at radius 3 is 2.62 bits per heavy atom. The van der Waals surface area contributed by atoms with Crippen LogP contribution in [0.1, 0.15) is 22.3 Å². The fourth-order valence-electron chi connectivity index (χ4n) is 3.19. The number of quaternary nitrogens is 1. The van der Waals surface area contributed by atoms with Crippen molar-refractivity contribution < 1.29 is 14.6 Å². The third-order valence-corrected chi connectivity index (χ3v) is 4.36. The van der Waals surface area contributed by atoms with Gasteiger partial charge in [0.25, 0.3) is 11.6 Å². The smallest absolute Gasteiger partial charge is 0.282 e. The van der Waals surface area contributed by atoms with Crippen LogP contribution < -0.4 is 10.2 Å². The standard InChI is InChI=1S/C18H19N3O3/c22-18(16-8-4-5-9-17(16)21(23)24)19-15-10-11-20(13-15)12-14-6-2-1-3-7-14/h1-9,15H,10-13H2,(H,19,22)/p+1/t15-/m0/s1. The van der Waals surface area contributed by atoms with Gasteiger partial charge in [0.15, 0.2) is 0 Å². The molecule has 1 amide bonds. The van der Waals surface area contributed by atoms with Crippen LogP contribution in [0.3, 0.4) is 0 Å². The van der Waals surface area contributed by atoms with Gasteiger partial charge in [-0.05, 0) is 6.07 Å². The van der Waals surface area contributed by atoms with Gasteiger partial charge in [-0.2, -0.15) is 0 Å². The molecule has 124 valence electrons. The van der Waals surface area contributed by atoms with Crippen LogP contribution in [0.4, 0.5) is 5.69 Å². The molecule has 0 bridgehead atoms. The van der Waals surface area contributed by atoms with Gasteiger partial charge in [-0.3, -0.25) is 14.9 Å². The summed E-state index contributed by atoms with van der Waals surface area (Å²) in [5.74, 6) is -0.367. The lowest BCUT2D eigenvalue weighted by atomic mass is 10.1. The van der Waals surface area contributed by atoms with Crippen molar-refractivity contribution in [2.45, 2.75) is 19.0 Å². The average molecular weight is 326 g/mol. The summed E-state index contributed by atoms with van der Waals surface area (Å²) >= 11 is 0. The second kappa shape index (κ2) is 7.23. The van der Waals surface area contributed by atoms with Crippen LogP contribution >= 0.6 is 0 Å². The number of nitro benzene ring substituents is 1. The first kappa shape index (κ1) is 16.1. The molecule has 2 aromatic rings. The second-order valence-electron chi connectivity index (χ2n) is 6.10. The number of carbonyl (C=O) groups excluding carboxylic acids is 1. The van der Waals surface area contributed by atoms with E-state index in [4.69, 9.17) is 0 Å². The van der Waals surface area contributed by atoms with E-state index in [0.29, 0.717) is 0 Å². The summed E-state index contributed by atoms with van der Waals surface area (Å²) in [6.45, 7) is 2.75. The third kappa shape index (κ3) is 3.78. The number of carbonyl (C=O) groups is 1. The number of likely N-dealkylation sites (tertiary alicyclic amines) is 1. The number of para-hydroxylation sites is 1. The zero-order valence-corrected chi connectivity index (χ0v) is 13.3. The lowest BCUT2D eigenvalue weighted by molar-refractivity contribution is -0.901. The molecule has 1 heterocycles. The van der Waals surface area contributed by atoms with Crippen molar-refractivity contribution in [2.75, 3.05) is 13.1 Å². The SMILES string of the molecule is O=C(N[C@H]1CC[NH+](Cc2ccccc2)C1)c1ccccc1[N+](=O)[O-]. The topological polar surface area (TPSA) is 76.7 Å². The second-order valence-corrected chi connectivity index (χ2v) is 6.10. The van der Waals surface area contributed by atoms with Crippen LogP contribution in [-0.4, -0.2) is 30.0 Å². The van der Waals surface area contributed by atoms with E-state index in [1.165, 1.54) is 22.6 Å². The van der Waals surface area contributed by atoms with Crippen molar-refractivity contribution in [3.05, 3.63) is 75.8 Å². The number of benzene rings is 2. The van der Waals surface area contributed by atoms with Gasteiger partial charge < -0.3 is 10.2 Å². The molecule has 3 rings (SSSR count). The summed E-state index contributed by atoms with van der Waals surface area (Å²) in [4.78, 5) is 24.3. The summed E-state index contributed by atoms with van der Waals surface area (Å²) in [5, 5.41) is 14.0. The zero-order valence-electron chi connectivity index (χ0n) is 13.3. The first-order valence-corrected chi connectivity index (χ1v) is 8.05. The molecule has 0 radical (unpaired) electrons. The van der Waals surface area contributed by atoms with E-state index in [-0.39, 0.29) is 23.2 Å². The number of nitrogens with zero attached hydrogens (tertiary/aromatic N) is 1. The summed E-state index contributed by atoms with van der Waals surface area (Å²) in [5.41, 5.74) is 1.25. The molecule has 0 aromatic heterocycles. The normalized spacial score (nSPS) is 19.8. The van der Waals surface area contributed by atoms with Gasteiger partial charge in [0.1, 0.15) is 12.1 Å². The largest absolute Gasteiger partial charge is 0.343 e. The highest BCUT2D eigenvalue weighted by atomic mass is 16.6. The van der Waals surface area contributed by atoms with Crippen LogP contribution in [0.2, 0.25) is 0 Å². The molecule has 2 atom stereocenters. The molecular formula is C18H20N3O3+. The lowest BCUT2D eigenvalue weighted by Crippen LogP contribution is -3.09. The molecule has 1 aliphatic heterocycles.